The molecule has 2 N–H and O–H groups in total. The zero-order valence-corrected chi connectivity index (χ0v) is 12.0. The average molecular weight is 270 g/mol. The zero-order chi connectivity index (χ0) is 13.7. The summed E-state index contributed by atoms with van der Waals surface area (Å²) in [5.41, 5.74) is 3.69. The molecule has 0 unspecified atom stereocenters. The van der Waals surface area contributed by atoms with E-state index in [2.05, 4.69) is 66.1 Å². The van der Waals surface area contributed by atoms with Gasteiger partial charge in [-0.05, 0) is 35.8 Å². The van der Waals surface area contributed by atoms with Crippen molar-refractivity contribution in [2.75, 3.05) is 7.05 Å². The number of hydrogen-bond donors (Lipinski definition) is 2. The second-order valence-corrected chi connectivity index (χ2v) is 4.84. The largest absolute Gasteiger partial charge is 0.366 e. The second kappa shape index (κ2) is 6.34. The molecule has 2 rings (SSSR count). The van der Waals surface area contributed by atoms with Crippen LogP contribution in [0.5, 0.6) is 0 Å². The zero-order valence-electron chi connectivity index (χ0n) is 11.2. The summed E-state index contributed by atoms with van der Waals surface area (Å²) in [6.07, 6.45) is 0. The topological polar surface area (TPSA) is 24.1 Å². The first-order valence-electron chi connectivity index (χ1n) is 6.34. The van der Waals surface area contributed by atoms with Gasteiger partial charge in [0.1, 0.15) is 0 Å². The Hall–Kier alpha value is -1.87. The van der Waals surface area contributed by atoms with E-state index in [-0.39, 0.29) is 6.04 Å². The highest BCUT2D eigenvalue weighted by molar-refractivity contribution is 7.80. The summed E-state index contributed by atoms with van der Waals surface area (Å²) in [7, 11) is 1.82. The van der Waals surface area contributed by atoms with Crippen molar-refractivity contribution in [1.29, 1.82) is 0 Å². The predicted molar refractivity (Wildman–Crippen MR) is 85.1 cm³/mol. The smallest absolute Gasteiger partial charge is 0.166 e. The Balaban J connectivity index is 2.12. The lowest BCUT2D eigenvalue weighted by Gasteiger charge is -2.16. The van der Waals surface area contributed by atoms with E-state index >= 15 is 0 Å². The van der Waals surface area contributed by atoms with Crippen LogP contribution < -0.4 is 10.6 Å². The highest BCUT2D eigenvalue weighted by Crippen LogP contribution is 2.21. The van der Waals surface area contributed by atoms with Gasteiger partial charge in [0.2, 0.25) is 0 Å². The van der Waals surface area contributed by atoms with Gasteiger partial charge in [-0.15, -0.1) is 0 Å². The van der Waals surface area contributed by atoms with Crippen molar-refractivity contribution in [3.8, 4) is 11.1 Å². The van der Waals surface area contributed by atoms with Crippen molar-refractivity contribution >= 4 is 17.3 Å². The molecule has 0 aliphatic carbocycles. The van der Waals surface area contributed by atoms with Crippen LogP contribution in [0.2, 0.25) is 0 Å². The van der Waals surface area contributed by atoms with Crippen LogP contribution in [0.25, 0.3) is 11.1 Å². The van der Waals surface area contributed by atoms with E-state index < -0.39 is 0 Å². The van der Waals surface area contributed by atoms with E-state index in [4.69, 9.17) is 12.2 Å². The first-order valence-corrected chi connectivity index (χ1v) is 6.75. The number of rotatable bonds is 3. The van der Waals surface area contributed by atoms with Gasteiger partial charge < -0.3 is 10.6 Å². The Kier molecular flexibility index (Phi) is 4.53. The monoisotopic (exact) mass is 270 g/mol. The molecule has 19 heavy (non-hydrogen) atoms. The molecule has 2 aromatic rings. The lowest BCUT2D eigenvalue weighted by molar-refractivity contribution is 0.709. The van der Waals surface area contributed by atoms with Crippen LogP contribution in [0, 0.1) is 0 Å². The minimum absolute atomic E-state index is 0.199. The molecule has 0 saturated heterocycles. The molecule has 98 valence electrons. The van der Waals surface area contributed by atoms with Gasteiger partial charge in [-0.25, -0.2) is 0 Å². The van der Waals surface area contributed by atoms with Gasteiger partial charge in [0.05, 0.1) is 6.04 Å². The summed E-state index contributed by atoms with van der Waals surface area (Å²) in [4.78, 5) is 0. The fourth-order valence-electron chi connectivity index (χ4n) is 1.95. The summed E-state index contributed by atoms with van der Waals surface area (Å²) in [6.45, 7) is 2.10. The third kappa shape index (κ3) is 3.55. The van der Waals surface area contributed by atoms with E-state index in [9.17, 15) is 0 Å². The summed E-state index contributed by atoms with van der Waals surface area (Å²) in [6, 6.07) is 19.1. The maximum atomic E-state index is 5.11. The van der Waals surface area contributed by atoms with E-state index in [1.807, 2.05) is 13.1 Å². The summed E-state index contributed by atoms with van der Waals surface area (Å²) in [5.74, 6) is 0. The van der Waals surface area contributed by atoms with Crippen LogP contribution in [0.1, 0.15) is 18.5 Å². The molecule has 0 saturated carbocycles. The average Bonchev–Trinajstić information content (AvgIpc) is 2.48. The fraction of sp³-hybridized carbons (Fsp3) is 0.188. The van der Waals surface area contributed by atoms with Crippen molar-refractivity contribution in [2.24, 2.45) is 0 Å². The Morgan fingerprint density at radius 1 is 0.947 bits per heavy atom. The highest BCUT2D eigenvalue weighted by Gasteiger charge is 2.06. The Labute approximate surface area is 119 Å². The normalized spacial score (nSPS) is 11.7. The predicted octanol–water partition coefficient (Wildman–Crippen LogP) is 3.51. The molecule has 2 nitrogen and oxygen atoms in total. The van der Waals surface area contributed by atoms with Gasteiger partial charge in [0, 0.05) is 7.05 Å². The molecule has 3 heteroatoms. The van der Waals surface area contributed by atoms with Crippen molar-refractivity contribution in [2.45, 2.75) is 13.0 Å². The van der Waals surface area contributed by atoms with Gasteiger partial charge in [-0.1, -0.05) is 54.6 Å². The van der Waals surface area contributed by atoms with E-state index in [0.29, 0.717) is 5.11 Å². The molecule has 0 spiro atoms. The molecule has 0 fully saturated rings. The standard InChI is InChI=1S/C16H18N2S/c1-12(18-16(19)17-2)13-8-10-15(11-9-13)14-6-4-3-5-7-14/h3-12H,1-2H3,(H2,17,18,19)/t12-/m1/s1. The Morgan fingerprint density at radius 2 is 1.53 bits per heavy atom. The van der Waals surface area contributed by atoms with Gasteiger partial charge in [0.25, 0.3) is 0 Å². The third-order valence-corrected chi connectivity index (χ3v) is 3.41. The van der Waals surface area contributed by atoms with E-state index in [0.717, 1.165) is 0 Å². The Bertz CT molecular complexity index is 534. The molecule has 0 bridgehead atoms. The van der Waals surface area contributed by atoms with Crippen molar-refractivity contribution in [1.82, 2.24) is 10.6 Å². The first-order chi connectivity index (χ1) is 9.20. The second-order valence-electron chi connectivity index (χ2n) is 4.43. The SMILES string of the molecule is CNC(=S)N[C@H](C)c1ccc(-c2ccccc2)cc1. The maximum Gasteiger partial charge on any atom is 0.166 e. The molecule has 0 heterocycles. The van der Waals surface area contributed by atoms with Crippen LogP contribution in [0.3, 0.4) is 0 Å². The van der Waals surface area contributed by atoms with Crippen molar-refractivity contribution in [3.63, 3.8) is 0 Å². The van der Waals surface area contributed by atoms with Gasteiger partial charge in [-0.2, -0.15) is 0 Å². The molecule has 0 amide bonds. The quantitative estimate of drug-likeness (QED) is 0.835. The van der Waals surface area contributed by atoms with Crippen molar-refractivity contribution < 1.29 is 0 Å². The molecule has 1 atom stereocenters. The van der Waals surface area contributed by atoms with Crippen LogP contribution in [0.15, 0.2) is 54.6 Å². The van der Waals surface area contributed by atoms with Gasteiger partial charge in [-0.3, -0.25) is 0 Å². The molecule has 0 aromatic heterocycles. The van der Waals surface area contributed by atoms with Crippen LogP contribution in [-0.2, 0) is 0 Å². The summed E-state index contributed by atoms with van der Waals surface area (Å²) >= 11 is 5.11. The van der Waals surface area contributed by atoms with E-state index in [1.165, 1.54) is 16.7 Å². The molecule has 2 aromatic carbocycles. The Morgan fingerprint density at radius 3 is 2.11 bits per heavy atom. The van der Waals surface area contributed by atoms with Gasteiger partial charge in [0.15, 0.2) is 5.11 Å². The lowest BCUT2D eigenvalue weighted by Crippen LogP contribution is -2.34. The van der Waals surface area contributed by atoms with Crippen LogP contribution in [0.4, 0.5) is 0 Å². The minimum Gasteiger partial charge on any atom is -0.366 e. The molecule has 0 aliphatic heterocycles. The van der Waals surface area contributed by atoms with E-state index in [1.54, 1.807) is 0 Å². The molecule has 0 aliphatic rings. The van der Waals surface area contributed by atoms with Gasteiger partial charge >= 0.3 is 0 Å². The first kappa shape index (κ1) is 13.6. The number of nitrogens with one attached hydrogen (secondary N) is 2. The minimum atomic E-state index is 0.199. The van der Waals surface area contributed by atoms with Crippen LogP contribution in [-0.4, -0.2) is 12.2 Å². The van der Waals surface area contributed by atoms with Crippen LogP contribution >= 0.6 is 12.2 Å². The summed E-state index contributed by atoms with van der Waals surface area (Å²) in [5, 5.41) is 6.81. The number of benzene rings is 2. The molecular weight excluding hydrogens is 252 g/mol. The lowest BCUT2D eigenvalue weighted by atomic mass is 10.0. The molecule has 0 radical (unpaired) electrons. The maximum absolute atomic E-state index is 5.11. The fourth-order valence-corrected chi connectivity index (χ4v) is 2.12. The summed E-state index contributed by atoms with van der Waals surface area (Å²) < 4.78 is 0. The number of thiocarbonyl (C=S) groups is 1. The van der Waals surface area contributed by atoms with Crippen molar-refractivity contribution in [3.05, 3.63) is 60.2 Å². The highest BCUT2D eigenvalue weighted by atomic mass is 32.1. The number of hydrogen-bond acceptors (Lipinski definition) is 1. The third-order valence-electron chi connectivity index (χ3n) is 3.09. The molecular formula is C16H18N2S.